The van der Waals surface area contributed by atoms with Gasteiger partial charge in [-0.1, -0.05) is 49.5 Å². The number of hydrogen-bond acceptors (Lipinski definition) is 4. The van der Waals surface area contributed by atoms with E-state index < -0.39 is 5.97 Å². The summed E-state index contributed by atoms with van der Waals surface area (Å²) in [6.07, 6.45) is 1.41. The van der Waals surface area contributed by atoms with Gasteiger partial charge in [0.2, 0.25) is 0 Å². The lowest BCUT2D eigenvalue weighted by Crippen LogP contribution is -2.17. The van der Waals surface area contributed by atoms with E-state index in [-0.39, 0.29) is 5.91 Å². The molecule has 0 heterocycles. The molecule has 3 aromatic carbocycles. The number of halogens is 3. The number of carbonyl (C=O) groups is 2. The van der Waals surface area contributed by atoms with Gasteiger partial charge in [-0.25, -0.2) is 10.2 Å². The predicted molar refractivity (Wildman–Crippen MR) is 120 cm³/mol. The number of rotatable bonds is 5. The maximum absolute atomic E-state index is 12.4. The summed E-state index contributed by atoms with van der Waals surface area (Å²) in [7, 11) is 0. The summed E-state index contributed by atoms with van der Waals surface area (Å²) in [4.78, 5) is 24.5. The lowest BCUT2D eigenvalue weighted by Gasteiger charge is -2.08. The Morgan fingerprint density at radius 1 is 0.931 bits per heavy atom. The Morgan fingerprint density at radius 3 is 2.38 bits per heavy atom. The summed E-state index contributed by atoms with van der Waals surface area (Å²) in [5.74, 6) is -0.595. The van der Waals surface area contributed by atoms with Crippen LogP contribution in [0.25, 0.3) is 0 Å². The first-order valence-corrected chi connectivity index (χ1v) is 10.2. The number of hydrazone groups is 1. The van der Waals surface area contributed by atoms with E-state index in [1.165, 1.54) is 6.21 Å². The van der Waals surface area contributed by atoms with E-state index in [1.54, 1.807) is 60.7 Å². The van der Waals surface area contributed by atoms with Crippen molar-refractivity contribution in [3.8, 4) is 5.75 Å². The first kappa shape index (κ1) is 21.2. The number of carbonyl (C=O) groups excluding carboxylic acids is 2. The number of amides is 1. The van der Waals surface area contributed by atoms with Crippen molar-refractivity contribution in [3.05, 3.63) is 97.4 Å². The van der Waals surface area contributed by atoms with Crippen LogP contribution in [-0.4, -0.2) is 18.1 Å². The van der Waals surface area contributed by atoms with Crippen LogP contribution in [0.1, 0.15) is 26.3 Å². The quantitative estimate of drug-likeness (QED) is 0.193. The van der Waals surface area contributed by atoms with E-state index in [9.17, 15) is 9.59 Å². The molecule has 0 saturated carbocycles. The zero-order valence-corrected chi connectivity index (χ0v) is 18.7. The number of ether oxygens (including phenoxy) is 1. The molecule has 146 valence electrons. The molecule has 1 amide bonds. The lowest BCUT2D eigenvalue weighted by atomic mass is 10.2. The van der Waals surface area contributed by atoms with E-state index in [2.05, 4.69) is 42.4 Å². The highest BCUT2D eigenvalue weighted by molar-refractivity contribution is 9.10. The fourth-order valence-corrected chi connectivity index (χ4v) is 3.22. The zero-order valence-electron chi connectivity index (χ0n) is 14.7. The molecule has 0 unspecified atom stereocenters. The predicted octanol–water partition coefficient (Wildman–Crippen LogP) is 5.85. The second kappa shape index (κ2) is 9.82. The van der Waals surface area contributed by atoms with Gasteiger partial charge in [0.1, 0.15) is 5.75 Å². The number of nitrogens with one attached hydrogen (secondary N) is 1. The molecule has 0 atom stereocenters. The highest BCUT2D eigenvalue weighted by Crippen LogP contribution is 2.23. The van der Waals surface area contributed by atoms with Gasteiger partial charge in [0, 0.05) is 25.1 Å². The van der Waals surface area contributed by atoms with Crippen LogP contribution in [0.2, 0.25) is 5.02 Å². The molecule has 5 nitrogen and oxygen atoms in total. The Bertz CT molecular complexity index is 1090. The highest BCUT2D eigenvalue weighted by Gasteiger charge is 2.12. The van der Waals surface area contributed by atoms with Gasteiger partial charge in [0.15, 0.2) is 0 Å². The Balaban J connectivity index is 1.74. The van der Waals surface area contributed by atoms with Gasteiger partial charge in [-0.05, 0) is 60.7 Å². The zero-order chi connectivity index (χ0) is 20.8. The molecule has 0 aliphatic carbocycles. The van der Waals surface area contributed by atoms with Crippen molar-refractivity contribution in [1.82, 2.24) is 5.43 Å². The smallest absolute Gasteiger partial charge is 0.343 e. The summed E-state index contributed by atoms with van der Waals surface area (Å²) in [5.41, 5.74) is 3.78. The van der Waals surface area contributed by atoms with Crippen molar-refractivity contribution in [2.24, 2.45) is 5.10 Å². The minimum Gasteiger partial charge on any atom is -0.422 e. The SMILES string of the molecule is O=C(NN=Cc1cc(Br)ccc1OC(=O)c1ccc(Cl)cc1)c1cccc(Br)c1. The van der Waals surface area contributed by atoms with Crippen LogP contribution < -0.4 is 10.2 Å². The lowest BCUT2D eigenvalue weighted by molar-refractivity contribution is 0.0734. The number of nitrogens with zero attached hydrogens (tertiary/aromatic N) is 1. The number of esters is 1. The minimum atomic E-state index is -0.531. The fourth-order valence-electron chi connectivity index (χ4n) is 2.31. The molecule has 0 aliphatic rings. The highest BCUT2D eigenvalue weighted by atomic mass is 79.9. The minimum absolute atomic E-state index is 0.300. The van der Waals surface area contributed by atoms with Crippen molar-refractivity contribution in [2.75, 3.05) is 0 Å². The van der Waals surface area contributed by atoms with Crippen molar-refractivity contribution >= 4 is 61.6 Å². The molecule has 1 N–H and O–H groups in total. The standard InChI is InChI=1S/C21H13Br2ClN2O3/c22-16-3-1-2-14(10-16)20(27)26-25-12-15-11-17(23)6-9-19(15)29-21(28)13-4-7-18(24)8-5-13/h1-12H,(H,26,27). The van der Waals surface area contributed by atoms with Crippen molar-refractivity contribution in [1.29, 1.82) is 0 Å². The Hall–Kier alpha value is -2.48. The first-order chi connectivity index (χ1) is 13.9. The molecule has 3 aromatic rings. The third kappa shape index (κ3) is 6.00. The van der Waals surface area contributed by atoms with Gasteiger partial charge in [-0.3, -0.25) is 4.79 Å². The molecule has 0 bridgehead atoms. The normalized spacial score (nSPS) is 10.7. The molecule has 0 radical (unpaired) electrons. The van der Waals surface area contributed by atoms with Gasteiger partial charge in [0.05, 0.1) is 11.8 Å². The number of benzene rings is 3. The van der Waals surface area contributed by atoms with Crippen LogP contribution in [0.15, 0.2) is 80.8 Å². The van der Waals surface area contributed by atoms with Gasteiger partial charge < -0.3 is 4.74 Å². The summed E-state index contributed by atoms with van der Waals surface area (Å²) in [5, 5.41) is 4.50. The second-order valence-electron chi connectivity index (χ2n) is 5.79. The molecule has 0 aromatic heterocycles. The molecule has 0 aliphatic heterocycles. The first-order valence-electron chi connectivity index (χ1n) is 8.28. The van der Waals surface area contributed by atoms with E-state index in [4.69, 9.17) is 16.3 Å². The van der Waals surface area contributed by atoms with E-state index >= 15 is 0 Å². The second-order valence-corrected chi connectivity index (χ2v) is 8.06. The van der Waals surface area contributed by atoms with E-state index in [0.29, 0.717) is 27.5 Å². The molecule has 29 heavy (non-hydrogen) atoms. The molecular formula is C21H13Br2ClN2O3. The van der Waals surface area contributed by atoms with Crippen LogP contribution in [0.5, 0.6) is 5.75 Å². The third-order valence-electron chi connectivity index (χ3n) is 3.71. The molecule has 0 spiro atoms. The summed E-state index contributed by atoms with van der Waals surface area (Å²) >= 11 is 12.5. The van der Waals surface area contributed by atoms with Gasteiger partial charge in [-0.2, -0.15) is 5.10 Å². The van der Waals surface area contributed by atoms with Crippen molar-refractivity contribution in [2.45, 2.75) is 0 Å². The van der Waals surface area contributed by atoms with Crippen LogP contribution >= 0.6 is 43.5 Å². The van der Waals surface area contributed by atoms with Gasteiger partial charge in [0.25, 0.3) is 5.91 Å². The van der Waals surface area contributed by atoms with E-state index in [0.717, 1.165) is 8.95 Å². The molecule has 3 rings (SSSR count). The maximum Gasteiger partial charge on any atom is 0.343 e. The summed E-state index contributed by atoms with van der Waals surface area (Å²) < 4.78 is 7.03. The number of hydrogen-bond donors (Lipinski definition) is 1. The largest absolute Gasteiger partial charge is 0.422 e. The summed E-state index contributed by atoms with van der Waals surface area (Å²) in [6.45, 7) is 0. The van der Waals surface area contributed by atoms with Crippen molar-refractivity contribution < 1.29 is 14.3 Å². The van der Waals surface area contributed by atoms with Crippen LogP contribution in [0, 0.1) is 0 Å². The Kier molecular flexibility index (Phi) is 7.19. The average molecular weight is 537 g/mol. The van der Waals surface area contributed by atoms with Crippen LogP contribution in [0.4, 0.5) is 0 Å². The molecule has 0 fully saturated rings. The molecule has 0 saturated heterocycles. The third-order valence-corrected chi connectivity index (χ3v) is 4.95. The van der Waals surface area contributed by atoms with Gasteiger partial charge >= 0.3 is 5.97 Å². The molecule has 8 heteroatoms. The van der Waals surface area contributed by atoms with Gasteiger partial charge in [-0.15, -0.1) is 0 Å². The maximum atomic E-state index is 12.4. The van der Waals surface area contributed by atoms with Crippen LogP contribution in [0.3, 0.4) is 0 Å². The van der Waals surface area contributed by atoms with Crippen molar-refractivity contribution in [3.63, 3.8) is 0 Å². The topological polar surface area (TPSA) is 67.8 Å². The molecular weight excluding hydrogens is 524 g/mol. The fraction of sp³-hybridized carbons (Fsp3) is 0. The Morgan fingerprint density at radius 2 is 1.66 bits per heavy atom. The monoisotopic (exact) mass is 534 g/mol. The summed E-state index contributed by atoms with van der Waals surface area (Å²) in [6, 6.07) is 18.4. The van der Waals surface area contributed by atoms with E-state index in [1.807, 2.05) is 6.07 Å². The van der Waals surface area contributed by atoms with Crippen LogP contribution in [-0.2, 0) is 0 Å². The average Bonchev–Trinajstić information content (AvgIpc) is 2.70. The Labute approximate surface area is 189 Å².